The van der Waals surface area contributed by atoms with Crippen molar-refractivity contribution in [2.45, 2.75) is 39.8 Å². The fourth-order valence-electron chi connectivity index (χ4n) is 1.68. The predicted molar refractivity (Wildman–Crippen MR) is 67.6 cm³/mol. The predicted octanol–water partition coefficient (Wildman–Crippen LogP) is 3.78. The van der Waals surface area contributed by atoms with Crippen molar-refractivity contribution >= 4 is 6.08 Å². The molecule has 15 heavy (non-hydrogen) atoms. The van der Waals surface area contributed by atoms with Crippen LogP contribution in [0.1, 0.15) is 33.3 Å². The van der Waals surface area contributed by atoms with Crippen molar-refractivity contribution in [2.24, 2.45) is 0 Å². The van der Waals surface area contributed by atoms with E-state index in [1.807, 2.05) is 6.07 Å². The van der Waals surface area contributed by atoms with Gasteiger partial charge in [0.05, 0.1) is 0 Å². The highest BCUT2D eigenvalue weighted by atomic mass is 15.1. The summed E-state index contributed by atoms with van der Waals surface area (Å²) in [5.74, 6) is 0. The Balaban J connectivity index is 2.70. The molecule has 82 valence electrons. The second-order valence-corrected chi connectivity index (χ2v) is 4.36. The molecule has 0 bridgehead atoms. The number of nitrogens with zero attached hydrogens (tertiary/aromatic N) is 1. The van der Waals surface area contributed by atoms with Crippen molar-refractivity contribution < 1.29 is 0 Å². The molecule has 1 heteroatoms. The van der Waals surface area contributed by atoms with E-state index in [2.05, 4.69) is 69.1 Å². The van der Waals surface area contributed by atoms with E-state index in [1.54, 1.807) is 0 Å². The molecule has 1 aromatic carbocycles. The Hall–Kier alpha value is -1.24. The number of hydrogen-bond donors (Lipinski definition) is 0. The van der Waals surface area contributed by atoms with Crippen LogP contribution in [0.3, 0.4) is 0 Å². The van der Waals surface area contributed by atoms with Crippen LogP contribution in [0.4, 0.5) is 0 Å². The van der Waals surface area contributed by atoms with Gasteiger partial charge in [-0.1, -0.05) is 30.3 Å². The summed E-state index contributed by atoms with van der Waals surface area (Å²) in [5, 5.41) is 0. The SMILES string of the molecule is CC(C)N(/C=C/c1ccccc1)C(C)C. The minimum atomic E-state index is 0.546. The van der Waals surface area contributed by atoms with E-state index < -0.39 is 0 Å². The summed E-state index contributed by atoms with van der Waals surface area (Å²) in [6.45, 7) is 8.87. The third kappa shape index (κ3) is 3.78. The van der Waals surface area contributed by atoms with Crippen LogP contribution in [0.25, 0.3) is 6.08 Å². The van der Waals surface area contributed by atoms with E-state index in [0.29, 0.717) is 12.1 Å². The smallest absolute Gasteiger partial charge is 0.0230 e. The molecule has 0 aliphatic carbocycles. The summed E-state index contributed by atoms with van der Waals surface area (Å²) in [7, 11) is 0. The van der Waals surface area contributed by atoms with Gasteiger partial charge in [-0.15, -0.1) is 0 Å². The topological polar surface area (TPSA) is 3.24 Å². The van der Waals surface area contributed by atoms with Gasteiger partial charge < -0.3 is 4.90 Å². The molecule has 0 unspecified atom stereocenters. The van der Waals surface area contributed by atoms with E-state index in [1.165, 1.54) is 5.56 Å². The lowest BCUT2D eigenvalue weighted by Gasteiger charge is -2.29. The van der Waals surface area contributed by atoms with E-state index in [4.69, 9.17) is 0 Å². The molecule has 0 spiro atoms. The van der Waals surface area contributed by atoms with E-state index >= 15 is 0 Å². The van der Waals surface area contributed by atoms with Gasteiger partial charge in [0.15, 0.2) is 0 Å². The minimum absolute atomic E-state index is 0.546. The molecule has 1 aromatic rings. The van der Waals surface area contributed by atoms with Gasteiger partial charge in [0.25, 0.3) is 0 Å². The van der Waals surface area contributed by atoms with Crippen LogP contribution in [-0.4, -0.2) is 17.0 Å². The van der Waals surface area contributed by atoms with Gasteiger partial charge in [0.1, 0.15) is 0 Å². The van der Waals surface area contributed by atoms with Gasteiger partial charge in [0, 0.05) is 18.3 Å². The second-order valence-electron chi connectivity index (χ2n) is 4.36. The lowest BCUT2D eigenvalue weighted by atomic mass is 10.2. The van der Waals surface area contributed by atoms with Gasteiger partial charge >= 0.3 is 0 Å². The summed E-state index contributed by atoms with van der Waals surface area (Å²) in [6, 6.07) is 11.5. The number of hydrogen-bond acceptors (Lipinski definition) is 1. The Bertz CT molecular complexity index is 290. The normalized spacial score (nSPS) is 11.6. The van der Waals surface area contributed by atoms with Crippen molar-refractivity contribution in [3.8, 4) is 0 Å². The van der Waals surface area contributed by atoms with Crippen LogP contribution in [0.5, 0.6) is 0 Å². The zero-order valence-corrected chi connectivity index (χ0v) is 10.1. The Morgan fingerprint density at radius 3 is 1.93 bits per heavy atom. The van der Waals surface area contributed by atoms with Gasteiger partial charge in [-0.05, 0) is 39.3 Å². The van der Waals surface area contributed by atoms with Gasteiger partial charge in [-0.25, -0.2) is 0 Å². The van der Waals surface area contributed by atoms with Gasteiger partial charge in [0.2, 0.25) is 0 Å². The maximum absolute atomic E-state index is 2.35. The van der Waals surface area contributed by atoms with Crippen LogP contribution in [0.15, 0.2) is 36.5 Å². The molecular formula is C14H21N. The Kier molecular flexibility index (Phi) is 4.41. The van der Waals surface area contributed by atoms with Crippen molar-refractivity contribution in [2.75, 3.05) is 0 Å². The van der Waals surface area contributed by atoms with Crippen molar-refractivity contribution in [1.82, 2.24) is 4.90 Å². The molecular weight excluding hydrogens is 182 g/mol. The van der Waals surface area contributed by atoms with Crippen LogP contribution >= 0.6 is 0 Å². The van der Waals surface area contributed by atoms with E-state index in [9.17, 15) is 0 Å². The van der Waals surface area contributed by atoms with Crippen molar-refractivity contribution in [1.29, 1.82) is 0 Å². The molecule has 0 heterocycles. The highest BCUT2D eigenvalue weighted by Gasteiger charge is 2.07. The Morgan fingerprint density at radius 1 is 0.933 bits per heavy atom. The third-order valence-electron chi connectivity index (χ3n) is 2.43. The summed E-state index contributed by atoms with van der Waals surface area (Å²) in [4.78, 5) is 2.35. The van der Waals surface area contributed by atoms with Crippen LogP contribution in [0.2, 0.25) is 0 Å². The van der Waals surface area contributed by atoms with E-state index in [-0.39, 0.29) is 0 Å². The molecule has 0 saturated carbocycles. The van der Waals surface area contributed by atoms with Crippen LogP contribution in [0, 0.1) is 0 Å². The molecule has 0 aromatic heterocycles. The molecule has 0 aliphatic heterocycles. The highest BCUT2D eigenvalue weighted by molar-refractivity contribution is 5.48. The summed E-state index contributed by atoms with van der Waals surface area (Å²) in [6.07, 6.45) is 4.35. The fraction of sp³-hybridized carbons (Fsp3) is 0.429. The fourth-order valence-corrected chi connectivity index (χ4v) is 1.68. The molecule has 0 amide bonds. The van der Waals surface area contributed by atoms with E-state index in [0.717, 1.165) is 0 Å². The molecule has 1 rings (SSSR count). The molecule has 0 saturated heterocycles. The molecule has 0 radical (unpaired) electrons. The summed E-state index contributed by atoms with van der Waals surface area (Å²) >= 11 is 0. The van der Waals surface area contributed by atoms with Crippen LogP contribution in [-0.2, 0) is 0 Å². The summed E-state index contributed by atoms with van der Waals surface area (Å²) in [5.41, 5.74) is 1.25. The lowest BCUT2D eigenvalue weighted by Crippen LogP contribution is -2.31. The lowest BCUT2D eigenvalue weighted by molar-refractivity contribution is 0.258. The standard InChI is InChI=1S/C14H21N/c1-12(2)15(13(3)4)11-10-14-8-6-5-7-9-14/h5-13H,1-4H3/b11-10+. The molecule has 0 fully saturated rings. The summed E-state index contributed by atoms with van der Waals surface area (Å²) < 4.78 is 0. The second kappa shape index (κ2) is 5.59. The zero-order chi connectivity index (χ0) is 11.3. The maximum atomic E-state index is 2.35. The average molecular weight is 203 g/mol. The Morgan fingerprint density at radius 2 is 1.47 bits per heavy atom. The first-order chi connectivity index (χ1) is 7.11. The number of rotatable bonds is 4. The third-order valence-corrected chi connectivity index (χ3v) is 2.43. The molecule has 0 N–H and O–H groups in total. The van der Waals surface area contributed by atoms with Crippen molar-refractivity contribution in [3.05, 3.63) is 42.1 Å². The first-order valence-corrected chi connectivity index (χ1v) is 5.62. The maximum Gasteiger partial charge on any atom is 0.0230 e. The van der Waals surface area contributed by atoms with Gasteiger partial charge in [-0.3, -0.25) is 0 Å². The minimum Gasteiger partial charge on any atom is -0.373 e. The quantitative estimate of drug-likeness (QED) is 0.720. The van der Waals surface area contributed by atoms with Crippen molar-refractivity contribution in [3.63, 3.8) is 0 Å². The Labute approximate surface area is 93.4 Å². The largest absolute Gasteiger partial charge is 0.373 e. The molecule has 1 nitrogen and oxygen atoms in total. The zero-order valence-electron chi connectivity index (χ0n) is 10.1. The average Bonchev–Trinajstić information content (AvgIpc) is 2.18. The van der Waals surface area contributed by atoms with Gasteiger partial charge in [-0.2, -0.15) is 0 Å². The molecule has 0 atom stereocenters. The monoisotopic (exact) mass is 203 g/mol. The first kappa shape index (κ1) is 11.8. The first-order valence-electron chi connectivity index (χ1n) is 5.62. The van der Waals surface area contributed by atoms with Crippen LogP contribution < -0.4 is 0 Å². The number of benzene rings is 1. The molecule has 0 aliphatic rings. The highest BCUT2D eigenvalue weighted by Crippen LogP contribution is 2.08.